The van der Waals surface area contributed by atoms with Crippen molar-refractivity contribution in [2.45, 2.75) is 32.5 Å². The summed E-state index contributed by atoms with van der Waals surface area (Å²) in [5, 5.41) is 12.9. The van der Waals surface area contributed by atoms with E-state index in [0.29, 0.717) is 28.6 Å². The predicted octanol–water partition coefficient (Wildman–Crippen LogP) is 4.69. The number of methoxy groups -OCH3 is 1. The average Bonchev–Trinajstić information content (AvgIpc) is 2.60. The molecule has 0 amide bonds. The fourth-order valence-electron chi connectivity index (χ4n) is 2.20. The number of aliphatic hydroxyl groups is 1. The van der Waals surface area contributed by atoms with Crippen LogP contribution < -0.4 is 14.8 Å². The van der Waals surface area contributed by atoms with Gasteiger partial charge in [-0.1, -0.05) is 17.7 Å². The number of halogens is 3. The van der Waals surface area contributed by atoms with Gasteiger partial charge in [-0.05, 0) is 59.6 Å². The van der Waals surface area contributed by atoms with Crippen molar-refractivity contribution in [2.24, 2.45) is 0 Å². The molecule has 0 saturated heterocycles. The van der Waals surface area contributed by atoms with Gasteiger partial charge < -0.3 is 19.9 Å². The van der Waals surface area contributed by atoms with Gasteiger partial charge in [0.1, 0.15) is 12.4 Å². The summed E-state index contributed by atoms with van der Waals surface area (Å²) in [6, 6.07) is 7.98. The van der Waals surface area contributed by atoms with Crippen molar-refractivity contribution < 1.29 is 19.0 Å². The van der Waals surface area contributed by atoms with E-state index in [1.54, 1.807) is 13.2 Å². The first-order valence-electron chi connectivity index (χ1n) is 8.05. The van der Waals surface area contributed by atoms with Crippen molar-refractivity contribution in [1.29, 1.82) is 0 Å². The van der Waals surface area contributed by atoms with Crippen LogP contribution in [0.1, 0.15) is 25.0 Å². The SMILES string of the molecule is COc1cc(CNC(C)(C)CO)cc(Br)c1OCc1ccc(F)cc1Cl. The van der Waals surface area contributed by atoms with Crippen LogP contribution in [0.15, 0.2) is 34.8 Å². The van der Waals surface area contributed by atoms with Gasteiger partial charge in [0.15, 0.2) is 11.5 Å². The number of rotatable bonds is 8. The van der Waals surface area contributed by atoms with Gasteiger partial charge >= 0.3 is 0 Å². The van der Waals surface area contributed by atoms with Gasteiger partial charge in [0, 0.05) is 17.6 Å². The summed E-state index contributed by atoms with van der Waals surface area (Å²) in [7, 11) is 1.56. The zero-order valence-electron chi connectivity index (χ0n) is 14.9. The topological polar surface area (TPSA) is 50.7 Å². The van der Waals surface area contributed by atoms with Crippen molar-refractivity contribution in [2.75, 3.05) is 13.7 Å². The molecule has 2 aromatic rings. The molecule has 0 radical (unpaired) electrons. The summed E-state index contributed by atoms with van der Waals surface area (Å²) in [4.78, 5) is 0. The number of aliphatic hydroxyl groups excluding tert-OH is 1. The van der Waals surface area contributed by atoms with Crippen LogP contribution in [-0.4, -0.2) is 24.4 Å². The third-order valence-electron chi connectivity index (χ3n) is 3.84. The highest BCUT2D eigenvalue weighted by atomic mass is 79.9. The van der Waals surface area contributed by atoms with E-state index in [1.165, 1.54) is 12.1 Å². The number of ether oxygens (including phenoxy) is 2. The number of hydrogen-bond donors (Lipinski definition) is 2. The lowest BCUT2D eigenvalue weighted by Gasteiger charge is -2.24. The largest absolute Gasteiger partial charge is 0.493 e. The summed E-state index contributed by atoms with van der Waals surface area (Å²) in [6.45, 7) is 4.62. The number of hydrogen-bond acceptors (Lipinski definition) is 4. The standard InChI is InChI=1S/C19H22BrClFNO3/c1-19(2,11-24)23-9-12-6-15(20)18(17(7-12)25-3)26-10-13-4-5-14(22)8-16(13)21/h4-8,23-24H,9-11H2,1-3H3. The first kappa shape index (κ1) is 21.0. The molecule has 7 heteroatoms. The van der Waals surface area contributed by atoms with Crippen molar-refractivity contribution in [1.82, 2.24) is 5.32 Å². The van der Waals surface area contributed by atoms with Gasteiger partial charge in [-0.3, -0.25) is 0 Å². The number of nitrogens with one attached hydrogen (secondary N) is 1. The third-order valence-corrected chi connectivity index (χ3v) is 4.78. The molecule has 2 rings (SSSR count). The first-order valence-corrected chi connectivity index (χ1v) is 9.22. The Hall–Kier alpha value is -1.34. The van der Waals surface area contributed by atoms with Crippen LogP contribution in [0.2, 0.25) is 5.02 Å². The van der Waals surface area contributed by atoms with Crippen LogP contribution in [0.4, 0.5) is 4.39 Å². The molecule has 0 bridgehead atoms. The quantitative estimate of drug-likeness (QED) is 0.618. The van der Waals surface area contributed by atoms with E-state index in [2.05, 4.69) is 21.2 Å². The van der Waals surface area contributed by atoms with Crippen molar-refractivity contribution in [3.8, 4) is 11.5 Å². The molecule has 0 aliphatic heterocycles. The highest BCUT2D eigenvalue weighted by molar-refractivity contribution is 9.10. The normalized spacial score (nSPS) is 11.5. The molecule has 26 heavy (non-hydrogen) atoms. The second-order valence-corrected chi connectivity index (χ2v) is 7.79. The van der Waals surface area contributed by atoms with Gasteiger partial charge in [0.25, 0.3) is 0 Å². The van der Waals surface area contributed by atoms with Crippen LogP contribution in [0.3, 0.4) is 0 Å². The van der Waals surface area contributed by atoms with E-state index in [0.717, 1.165) is 10.0 Å². The molecule has 0 aliphatic carbocycles. The zero-order valence-corrected chi connectivity index (χ0v) is 17.2. The Balaban J connectivity index is 2.15. The van der Waals surface area contributed by atoms with Crippen molar-refractivity contribution in [3.05, 3.63) is 56.8 Å². The van der Waals surface area contributed by atoms with Crippen LogP contribution >= 0.6 is 27.5 Å². The maximum atomic E-state index is 13.1. The highest BCUT2D eigenvalue weighted by Crippen LogP contribution is 2.37. The zero-order chi connectivity index (χ0) is 19.3. The maximum absolute atomic E-state index is 13.1. The van der Waals surface area contributed by atoms with E-state index < -0.39 is 0 Å². The molecule has 0 aromatic heterocycles. The Morgan fingerprint density at radius 2 is 2.00 bits per heavy atom. The van der Waals surface area contributed by atoms with E-state index in [9.17, 15) is 9.50 Å². The molecule has 4 nitrogen and oxygen atoms in total. The van der Waals surface area contributed by atoms with Crippen LogP contribution in [0.5, 0.6) is 11.5 Å². The first-order chi connectivity index (χ1) is 12.3. The Kier molecular flexibility index (Phi) is 7.29. The summed E-state index contributed by atoms with van der Waals surface area (Å²) in [5.74, 6) is 0.717. The predicted molar refractivity (Wildman–Crippen MR) is 104 cm³/mol. The smallest absolute Gasteiger partial charge is 0.175 e. The lowest BCUT2D eigenvalue weighted by Crippen LogP contribution is -2.42. The van der Waals surface area contributed by atoms with Gasteiger partial charge in [0.2, 0.25) is 0 Å². The van der Waals surface area contributed by atoms with Gasteiger partial charge in [0.05, 0.1) is 23.2 Å². The van der Waals surface area contributed by atoms with Gasteiger partial charge in [-0.15, -0.1) is 0 Å². The molecular weight excluding hydrogens is 425 g/mol. The van der Waals surface area contributed by atoms with E-state index >= 15 is 0 Å². The lowest BCUT2D eigenvalue weighted by atomic mass is 10.1. The van der Waals surface area contributed by atoms with E-state index in [1.807, 2.05) is 26.0 Å². The molecule has 2 N–H and O–H groups in total. The molecular formula is C19H22BrClFNO3. The molecule has 2 aromatic carbocycles. The molecule has 0 atom stereocenters. The molecule has 0 spiro atoms. The van der Waals surface area contributed by atoms with Gasteiger partial charge in [-0.2, -0.15) is 0 Å². The molecule has 0 heterocycles. The minimum Gasteiger partial charge on any atom is -0.493 e. The summed E-state index contributed by atoms with van der Waals surface area (Å²) in [6.07, 6.45) is 0. The molecule has 0 fully saturated rings. The molecule has 0 aliphatic rings. The number of benzene rings is 2. The Morgan fingerprint density at radius 3 is 2.62 bits per heavy atom. The molecule has 0 saturated carbocycles. The second kappa shape index (κ2) is 9.04. The fourth-order valence-corrected chi connectivity index (χ4v) is 3.03. The van der Waals surface area contributed by atoms with Gasteiger partial charge in [-0.25, -0.2) is 4.39 Å². The highest BCUT2D eigenvalue weighted by Gasteiger charge is 2.17. The van der Waals surface area contributed by atoms with Crippen LogP contribution in [0.25, 0.3) is 0 Å². The van der Waals surface area contributed by atoms with Crippen molar-refractivity contribution >= 4 is 27.5 Å². The third kappa shape index (κ3) is 5.58. The summed E-state index contributed by atoms with van der Waals surface area (Å²) < 4.78 is 25.2. The summed E-state index contributed by atoms with van der Waals surface area (Å²) in [5.41, 5.74) is 1.27. The van der Waals surface area contributed by atoms with Crippen LogP contribution in [0, 0.1) is 5.82 Å². The Bertz CT molecular complexity index is 771. The van der Waals surface area contributed by atoms with E-state index in [-0.39, 0.29) is 24.6 Å². The minimum absolute atomic E-state index is 0.0327. The average molecular weight is 447 g/mol. The molecule has 142 valence electrons. The summed E-state index contributed by atoms with van der Waals surface area (Å²) >= 11 is 9.55. The fraction of sp³-hybridized carbons (Fsp3) is 0.368. The lowest BCUT2D eigenvalue weighted by molar-refractivity contribution is 0.187. The molecule has 0 unspecified atom stereocenters. The second-order valence-electron chi connectivity index (χ2n) is 6.53. The monoisotopic (exact) mass is 445 g/mol. The van der Waals surface area contributed by atoms with Crippen LogP contribution in [-0.2, 0) is 13.2 Å². The maximum Gasteiger partial charge on any atom is 0.175 e. The minimum atomic E-state index is -0.389. The van der Waals surface area contributed by atoms with E-state index in [4.69, 9.17) is 21.1 Å². The Labute approximate surface area is 166 Å². The Morgan fingerprint density at radius 1 is 1.27 bits per heavy atom. The van der Waals surface area contributed by atoms with Crippen molar-refractivity contribution in [3.63, 3.8) is 0 Å².